The second kappa shape index (κ2) is 11.1. The Morgan fingerprint density at radius 3 is 2.38 bits per heavy atom. The van der Waals surface area contributed by atoms with E-state index in [9.17, 15) is 10.1 Å². The van der Waals surface area contributed by atoms with Crippen molar-refractivity contribution in [3.63, 3.8) is 0 Å². The van der Waals surface area contributed by atoms with E-state index in [1.54, 1.807) is 0 Å². The van der Waals surface area contributed by atoms with Crippen LogP contribution in [0.3, 0.4) is 0 Å². The highest BCUT2D eigenvalue weighted by atomic mass is 79.9. The minimum atomic E-state index is -0.615. The molecule has 0 aromatic rings. The zero-order chi connectivity index (χ0) is 20.4. The Bertz CT molecular complexity index is 621. The molecule has 0 aliphatic rings. The molecule has 0 rings (SSSR count). The first-order chi connectivity index (χ1) is 12.0. The molecule has 1 atom stereocenters. The fraction of sp³-hybridized carbons (Fsp3) is 0.571. The number of nitrogens with one attached hydrogen (secondary N) is 1. The lowest BCUT2D eigenvalue weighted by Crippen LogP contribution is -2.26. The third kappa shape index (κ3) is 8.62. The van der Waals surface area contributed by atoms with Crippen LogP contribution in [0.15, 0.2) is 34.4 Å². The summed E-state index contributed by atoms with van der Waals surface area (Å²) in [4.78, 5) is 12.1. The molecule has 0 aromatic carbocycles. The third-order valence-electron chi connectivity index (χ3n) is 3.89. The first-order valence-corrected chi connectivity index (χ1v) is 9.67. The summed E-state index contributed by atoms with van der Waals surface area (Å²) in [5, 5.41) is 17.4. The zero-order valence-electron chi connectivity index (χ0n) is 16.6. The van der Waals surface area contributed by atoms with Gasteiger partial charge in [-0.2, -0.15) is 5.26 Å². The minimum absolute atomic E-state index is 0.387. The van der Waals surface area contributed by atoms with Gasteiger partial charge in [0.05, 0.1) is 11.5 Å². The van der Waals surface area contributed by atoms with Crippen molar-refractivity contribution in [3.8, 4) is 6.07 Å². The van der Waals surface area contributed by atoms with E-state index >= 15 is 0 Å². The molecule has 0 heterocycles. The molecule has 0 spiro atoms. The number of hydrogen-bond acceptors (Lipinski definition) is 4. The molecule has 0 aliphatic carbocycles. The van der Waals surface area contributed by atoms with E-state index in [0.717, 1.165) is 12.0 Å². The number of ether oxygens (including phenoxy) is 1. The standard InChI is InChI=1S/C21H31BrN2O2/c1-7-9-17(18(22)14-23)13-21(15-24,11-8-2)12-10-16(3)19(25)26-20(4,5)6/h7,9,14,23H,3,8,10-13H2,1-2,4-6H3/b9-7+,18-17-,23-14?. The van der Waals surface area contributed by atoms with Gasteiger partial charge in [-0.15, -0.1) is 0 Å². The van der Waals surface area contributed by atoms with Gasteiger partial charge in [0, 0.05) is 16.3 Å². The molecule has 0 aliphatic heterocycles. The average Bonchev–Trinajstić information content (AvgIpc) is 2.56. The van der Waals surface area contributed by atoms with Crippen LogP contribution in [0.5, 0.6) is 0 Å². The van der Waals surface area contributed by atoms with Gasteiger partial charge in [0.25, 0.3) is 0 Å². The summed E-state index contributed by atoms with van der Waals surface area (Å²) in [6.07, 6.45) is 8.07. The van der Waals surface area contributed by atoms with Crippen LogP contribution in [0.4, 0.5) is 0 Å². The van der Waals surface area contributed by atoms with Crippen molar-refractivity contribution in [2.24, 2.45) is 5.41 Å². The molecular weight excluding hydrogens is 392 g/mol. The quantitative estimate of drug-likeness (QED) is 0.196. The Labute approximate surface area is 166 Å². The van der Waals surface area contributed by atoms with Crippen LogP contribution in [0.2, 0.25) is 0 Å². The fourth-order valence-electron chi connectivity index (χ4n) is 2.66. The first kappa shape index (κ1) is 24.3. The highest BCUT2D eigenvalue weighted by Crippen LogP contribution is 2.38. The summed E-state index contributed by atoms with van der Waals surface area (Å²) in [7, 11) is 0. The molecule has 1 unspecified atom stereocenters. The lowest BCUT2D eigenvalue weighted by molar-refractivity contribution is -0.150. The Morgan fingerprint density at radius 2 is 1.96 bits per heavy atom. The van der Waals surface area contributed by atoms with Gasteiger partial charge in [-0.25, -0.2) is 4.79 Å². The number of nitriles is 1. The number of nitrogens with zero attached hydrogens (tertiary/aromatic N) is 1. The maximum Gasteiger partial charge on any atom is 0.333 e. The molecule has 0 saturated heterocycles. The van der Waals surface area contributed by atoms with Gasteiger partial charge in [0.2, 0.25) is 0 Å². The Kier molecular flexibility index (Phi) is 10.4. The summed E-state index contributed by atoms with van der Waals surface area (Å²) < 4.78 is 6.02. The maximum atomic E-state index is 12.1. The van der Waals surface area contributed by atoms with E-state index < -0.39 is 17.0 Å². The zero-order valence-corrected chi connectivity index (χ0v) is 18.2. The highest BCUT2D eigenvalue weighted by Gasteiger charge is 2.31. The molecule has 0 amide bonds. The molecule has 144 valence electrons. The Morgan fingerprint density at radius 1 is 1.35 bits per heavy atom. The number of rotatable bonds is 10. The second-order valence-electron chi connectivity index (χ2n) is 7.44. The van der Waals surface area contributed by atoms with E-state index in [4.69, 9.17) is 10.1 Å². The highest BCUT2D eigenvalue weighted by molar-refractivity contribution is 9.12. The van der Waals surface area contributed by atoms with E-state index in [1.807, 2.05) is 46.8 Å². The van der Waals surface area contributed by atoms with Gasteiger partial charge < -0.3 is 10.1 Å². The van der Waals surface area contributed by atoms with Crippen molar-refractivity contribution in [1.82, 2.24) is 0 Å². The molecule has 4 nitrogen and oxygen atoms in total. The molecule has 0 aromatic heterocycles. The second-order valence-corrected chi connectivity index (χ2v) is 8.30. The van der Waals surface area contributed by atoms with Crippen molar-refractivity contribution in [3.05, 3.63) is 34.4 Å². The van der Waals surface area contributed by atoms with Crippen molar-refractivity contribution in [2.75, 3.05) is 0 Å². The lowest BCUT2D eigenvalue weighted by Gasteiger charge is -2.28. The van der Waals surface area contributed by atoms with Crippen LogP contribution in [-0.4, -0.2) is 17.8 Å². The van der Waals surface area contributed by atoms with Gasteiger partial charge >= 0.3 is 5.97 Å². The molecular formula is C21H31BrN2O2. The lowest BCUT2D eigenvalue weighted by atomic mass is 9.74. The van der Waals surface area contributed by atoms with Crippen molar-refractivity contribution < 1.29 is 9.53 Å². The smallest absolute Gasteiger partial charge is 0.333 e. The molecule has 0 fully saturated rings. The number of halogens is 1. The average molecular weight is 423 g/mol. The summed E-state index contributed by atoms with van der Waals surface area (Å²) in [5.74, 6) is -0.411. The first-order valence-electron chi connectivity index (χ1n) is 8.88. The van der Waals surface area contributed by atoms with Crippen LogP contribution in [0.25, 0.3) is 0 Å². The van der Waals surface area contributed by atoms with E-state index in [0.29, 0.717) is 35.7 Å². The minimum Gasteiger partial charge on any atom is -0.457 e. The van der Waals surface area contributed by atoms with E-state index in [1.165, 1.54) is 6.21 Å². The number of hydrogen-bond donors (Lipinski definition) is 1. The Balaban J connectivity index is 5.38. The van der Waals surface area contributed by atoms with Crippen LogP contribution in [0, 0.1) is 22.2 Å². The van der Waals surface area contributed by atoms with Crippen molar-refractivity contribution in [2.45, 2.75) is 72.3 Å². The van der Waals surface area contributed by atoms with Crippen LogP contribution < -0.4 is 0 Å². The predicted molar refractivity (Wildman–Crippen MR) is 111 cm³/mol. The fourth-order valence-corrected chi connectivity index (χ4v) is 2.93. The van der Waals surface area contributed by atoms with Crippen LogP contribution >= 0.6 is 15.9 Å². The summed E-state index contributed by atoms with van der Waals surface area (Å²) in [6.45, 7) is 13.2. The summed E-state index contributed by atoms with van der Waals surface area (Å²) in [5.41, 5.74) is 0.113. The van der Waals surface area contributed by atoms with Crippen molar-refractivity contribution in [1.29, 1.82) is 10.7 Å². The normalized spacial score (nSPS) is 15.0. The van der Waals surface area contributed by atoms with Gasteiger partial charge in [-0.1, -0.05) is 32.1 Å². The van der Waals surface area contributed by atoms with Crippen molar-refractivity contribution >= 4 is 28.1 Å². The van der Waals surface area contributed by atoms with Crippen LogP contribution in [-0.2, 0) is 9.53 Å². The third-order valence-corrected chi connectivity index (χ3v) is 4.63. The number of esters is 1. The summed E-state index contributed by atoms with van der Waals surface area (Å²) in [6, 6.07) is 2.47. The largest absolute Gasteiger partial charge is 0.457 e. The molecule has 26 heavy (non-hydrogen) atoms. The maximum absolute atomic E-state index is 12.1. The van der Waals surface area contributed by atoms with E-state index in [2.05, 4.69) is 28.6 Å². The molecule has 0 radical (unpaired) electrons. The Hall–Kier alpha value is -1.67. The van der Waals surface area contributed by atoms with E-state index in [-0.39, 0.29) is 0 Å². The summed E-state index contributed by atoms with van der Waals surface area (Å²) >= 11 is 3.40. The van der Waals surface area contributed by atoms with Gasteiger partial charge in [0.15, 0.2) is 0 Å². The van der Waals surface area contributed by atoms with Gasteiger partial charge in [-0.05, 0) is 74.9 Å². The number of allylic oxidation sites excluding steroid dienone is 4. The number of carbonyl (C=O) groups is 1. The van der Waals surface area contributed by atoms with Crippen LogP contribution in [0.1, 0.15) is 66.7 Å². The molecule has 0 bridgehead atoms. The molecule has 5 heteroatoms. The topological polar surface area (TPSA) is 73.9 Å². The molecule has 1 N–H and O–H groups in total. The number of carbonyl (C=O) groups excluding carboxylic acids is 1. The molecule has 0 saturated carbocycles. The predicted octanol–water partition coefficient (Wildman–Crippen LogP) is 6.24. The SMILES string of the molecule is C=C(CCC(C#N)(CCC)CC(/C=C/C)=C(\Br)C=N)C(=O)OC(C)(C)C. The van der Waals surface area contributed by atoms with Gasteiger partial charge in [-0.3, -0.25) is 0 Å². The monoisotopic (exact) mass is 422 g/mol. The van der Waals surface area contributed by atoms with Gasteiger partial charge in [0.1, 0.15) is 5.60 Å².